The number of hydrogen-bond acceptors (Lipinski definition) is 3. The number of aromatic nitrogens is 3. The minimum Gasteiger partial charge on any atom is -0.390 e. The van der Waals surface area contributed by atoms with E-state index in [0.29, 0.717) is 5.69 Å². The highest BCUT2D eigenvalue weighted by atomic mass is 79.9. The lowest BCUT2D eigenvalue weighted by Gasteiger charge is -2.04. The first kappa shape index (κ1) is 11.2. The summed E-state index contributed by atoms with van der Waals surface area (Å²) in [5.74, 6) is -1.45. The van der Waals surface area contributed by atoms with Crippen LogP contribution in [0.1, 0.15) is 5.69 Å². The highest BCUT2D eigenvalue weighted by molar-refractivity contribution is 9.10. The summed E-state index contributed by atoms with van der Waals surface area (Å²) in [6, 6.07) is 1.87. The summed E-state index contributed by atoms with van der Waals surface area (Å²) in [6.07, 6.45) is 1.36. The quantitative estimate of drug-likeness (QED) is 0.917. The van der Waals surface area contributed by atoms with Gasteiger partial charge in [0.25, 0.3) is 0 Å². The summed E-state index contributed by atoms with van der Waals surface area (Å²) < 4.78 is 27.7. The van der Waals surface area contributed by atoms with Crippen LogP contribution in [0.4, 0.5) is 8.78 Å². The van der Waals surface area contributed by atoms with Crippen molar-refractivity contribution >= 4 is 15.9 Å². The fourth-order valence-corrected chi connectivity index (χ4v) is 1.82. The van der Waals surface area contributed by atoms with E-state index in [1.807, 2.05) is 0 Å². The van der Waals surface area contributed by atoms with Crippen molar-refractivity contribution in [2.24, 2.45) is 0 Å². The molecule has 0 saturated carbocycles. The van der Waals surface area contributed by atoms with Crippen molar-refractivity contribution in [2.75, 3.05) is 0 Å². The molecule has 0 bridgehead atoms. The molecule has 1 aromatic heterocycles. The van der Waals surface area contributed by atoms with Crippen molar-refractivity contribution in [3.8, 4) is 5.69 Å². The molecule has 0 saturated heterocycles. The van der Waals surface area contributed by atoms with Crippen LogP contribution in [0.2, 0.25) is 0 Å². The first-order chi connectivity index (χ1) is 7.61. The smallest absolute Gasteiger partial charge is 0.152 e. The van der Waals surface area contributed by atoms with E-state index in [2.05, 4.69) is 26.2 Å². The molecule has 0 aliphatic rings. The summed E-state index contributed by atoms with van der Waals surface area (Å²) in [6.45, 7) is -0.291. The first-order valence-electron chi connectivity index (χ1n) is 4.29. The molecular weight excluding hydrogens is 284 g/mol. The van der Waals surface area contributed by atoms with Gasteiger partial charge in [0.1, 0.15) is 17.2 Å². The number of aliphatic hydroxyl groups is 1. The Balaban J connectivity index is 2.55. The van der Waals surface area contributed by atoms with Crippen LogP contribution >= 0.6 is 15.9 Å². The molecule has 1 aromatic carbocycles. The standard InChI is InChI=1S/C9H6BrF2N3O/c10-7-1-5(11)2-8(12)9(7)15-3-6(4-16)13-14-15/h1-3,16H,4H2. The summed E-state index contributed by atoms with van der Waals surface area (Å²) in [5, 5.41) is 16.0. The lowest BCUT2D eigenvalue weighted by atomic mass is 10.3. The van der Waals surface area contributed by atoms with Gasteiger partial charge >= 0.3 is 0 Å². The molecule has 1 heterocycles. The Labute approximate surface area is 97.6 Å². The van der Waals surface area contributed by atoms with Crippen molar-refractivity contribution in [1.29, 1.82) is 0 Å². The third kappa shape index (κ3) is 1.96. The van der Waals surface area contributed by atoms with Gasteiger partial charge in [-0.2, -0.15) is 0 Å². The predicted molar refractivity (Wildman–Crippen MR) is 54.9 cm³/mol. The Hall–Kier alpha value is -1.34. The van der Waals surface area contributed by atoms with Crippen LogP contribution in [0.15, 0.2) is 22.8 Å². The number of benzene rings is 1. The normalized spacial score (nSPS) is 10.8. The van der Waals surface area contributed by atoms with E-state index in [-0.39, 0.29) is 16.8 Å². The van der Waals surface area contributed by atoms with Gasteiger partial charge in [-0.25, -0.2) is 13.5 Å². The van der Waals surface area contributed by atoms with Gasteiger partial charge in [-0.15, -0.1) is 5.10 Å². The van der Waals surface area contributed by atoms with E-state index in [1.54, 1.807) is 0 Å². The fraction of sp³-hybridized carbons (Fsp3) is 0.111. The van der Waals surface area contributed by atoms with Gasteiger partial charge in [0, 0.05) is 10.5 Å². The number of aliphatic hydroxyl groups excluding tert-OH is 1. The van der Waals surface area contributed by atoms with Crippen molar-refractivity contribution in [3.05, 3.63) is 40.1 Å². The lowest BCUT2D eigenvalue weighted by Crippen LogP contribution is -2.00. The average Bonchev–Trinajstić information content (AvgIpc) is 2.64. The largest absolute Gasteiger partial charge is 0.390 e. The Morgan fingerprint density at radius 1 is 1.38 bits per heavy atom. The van der Waals surface area contributed by atoms with Gasteiger partial charge in [-0.05, 0) is 22.0 Å². The van der Waals surface area contributed by atoms with E-state index in [4.69, 9.17) is 5.11 Å². The second-order valence-corrected chi connectivity index (χ2v) is 3.88. The van der Waals surface area contributed by atoms with Crippen molar-refractivity contribution in [3.63, 3.8) is 0 Å². The Bertz CT molecular complexity index is 506. The van der Waals surface area contributed by atoms with Crippen LogP contribution in [0.3, 0.4) is 0 Å². The number of rotatable bonds is 2. The summed E-state index contributed by atoms with van der Waals surface area (Å²) >= 11 is 3.03. The van der Waals surface area contributed by atoms with Gasteiger partial charge in [0.05, 0.1) is 12.8 Å². The molecule has 0 atom stereocenters. The molecule has 16 heavy (non-hydrogen) atoms. The van der Waals surface area contributed by atoms with Crippen LogP contribution < -0.4 is 0 Å². The molecule has 0 unspecified atom stereocenters. The molecule has 0 fully saturated rings. The summed E-state index contributed by atoms with van der Waals surface area (Å²) in [7, 11) is 0. The summed E-state index contributed by atoms with van der Waals surface area (Å²) in [4.78, 5) is 0. The van der Waals surface area contributed by atoms with Gasteiger partial charge < -0.3 is 5.11 Å². The second kappa shape index (κ2) is 4.26. The van der Waals surface area contributed by atoms with Gasteiger partial charge in [-0.1, -0.05) is 5.21 Å². The molecule has 7 heteroatoms. The van der Waals surface area contributed by atoms with Gasteiger partial charge in [0.2, 0.25) is 0 Å². The molecule has 0 amide bonds. The molecule has 0 aliphatic heterocycles. The SMILES string of the molecule is OCc1cn(-c2c(F)cc(F)cc2Br)nn1. The molecule has 2 rings (SSSR count). The zero-order valence-electron chi connectivity index (χ0n) is 7.86. The molecule has 84 valence electrons. The number of hydrogen-bond donors (Lipinski definition) is 1. The molecule has 0 spiro atoms. The lowest BCUT2D eigenvalue weighted by molar-refractivity contribution is 0.276. The zero-order valence-corrected chi connectivity index (χ0v) is 9.45. The molecule has 0 radical (unpaired) electrons. The molecule has 0 aliphatic carbocycles. The Morgan fingerprint density at radius 3 is 2.69 bits per heavy atom. The Kier molecular flexibility index (Phi) is 2.97. The zero-order chi connectivity index (χ0) is 11.7. The van der Waals surface area contributed by atoms with Crippen molar-refractivity contribution in [1.82, 2.24) is 15.0 Å². The highest BCUT2D eigenvalue weighted by Gasteiger charge is 2.13. The van der Waals surface area contributed by atoms with Crippen molar-refractivity contribution < 1.29 is 13.9 Å². The maximum Gasteiger partial charge on any atom is 0.152 e. The van der Waals surface area contributed by atoms with Gasteiger partial charge in [-0.3, -0.25) is 0 Å². The minimum absolute atomic E-state index is 0.0496. The van der Waals surface area contributed by atoms with Crippen LogP contribution in [0.5, 0.6) is 0 Å². The van der Waals surface area contributed by atoms with Crippen LogP contribution in [-0.4, -0.2) is 20.1 Å². The maximum atomic E-state index is 13.5. The summed E-state index contributed by atoms with van der Waals surface area (Å²) in [5.41, 5.74) is 0.351. The fourth-order valence-electron chi connectivity index (χ4n) is 1.23. The molecule has 2 aromatic rings. The van der Waals surface area contributed by atoms with Crippen LogP contribution in [0.25, 0.3) is 5.69 Å². The van der Waals surface area contributed by atoms with Crippen molar-refractivity contribution in [2.45, 2.75) is 6.61 Å². The van der Waals surface area contributed by atoms with Crippen LogP contribution in [0, 0.1) is 11.6 Å². The topological polar surface area (TPSA) is 50.9 Å². The van der Waals surface area contributed by atoms with Crippen LogP contribution in [-0.2, 0) is 6.61 Å². The van der Waals surface area contributed by atoms with E-state index < -0.39 is 11.6 Å². The maximum absolute atomic E-state index is 13.5. The van der Waals surface area contributed by atoms with E-state index >= 15 is 0 Å². The first-order valence-corrected chi connectivity index (χ1v) is 5.08. The molecule has 4 nitrogen and oxygen atoms in total. The van der Waals surface area contributed by atoms with E-state index in [0.717, 1.165) is 16.8 Å². The molecular formula is C9H6BrF2N3O. The Morgan fingerprint density at radius 2 is 2.12 bits per heavy atom. The monoisotopic (exact) mass is 289 g/mol. The van der Waals surface area contributed by atoms with E-state index in [9.17, 15) is 8.78 Å². The second-order valence-electron chi connectivity index (χ2n) is 3.03. The van der Waals surface area contributed by atoms with Gasteiger partial charge in [0.15, 0.2) is 5.82 Å². The third-order valence-corrected chi connectivity index (χ3v) is 2.52. The minimum atomic E-state index is -0.763. The molecule has 1 N–H and O–H groups in total. The van der Waals surface area contributed by atoms with E-state index in [1.165, 1.54) is 6.20 Å². The number of nitrogens with zero attached hydrogens (tertiary/aromatic N) is 3. The predicted octanol–water partition coefficient (Wildman–Crippen LogP) is 1.80. The average molecular weight is 290 g/mol. The highest BCUT2D eigenvalue weighted by Crippen LogP contribution is 2.24. The third-order valence-electron chi connectivity index (χ3n) is 1.91. The number of halogens is 3.